The number of hydrogen-bond donors (Lipinski definition) is 2. The number of fused-ring (bicyclic) bond motifs is 3. The van der Waals surface area contributed by atoms with Crippen molar-refractivity contribution >= 4 is 23.6 Å². The number of nitrogens with one attached hydrogen (secondary N) is 2. The molecule has 1 heterocycles. The average Bonchev–Trinajstić information content (AvgIpc) is 3.58. The molecule has 29 heavy (non-hydrogen) atoms. The predicted molar refractivity (Wildman–Crippen MR) is 108 cm³/mol. The molecule has 2 aromatic rings. The Balaban J connectivity index is 1.50. The zero-order valence-corrected chi connectivity index (χ0v) is 16.2. The number of para-hydroxylation sites is 1. The van der Waals surface area contributed by atoms with Gasteiger partial charge < -0.3 is 20.3 Å². The van der Waals surface area contributed by atoms with E-state index in [-0.39, 0.29) is 5.91 Å². The topological polar surface area (TPSA) is 87.7 Å². The zero-order valence-electron chi connectivity index (χ0n) is 16.2. The summed E-state index contributed by atoms with van der Waals surface area (Å²) >= 11 is 0. The van der Waals surface area contributed by atoms with Crippen LogP contribution in [0.5, 0.6) is 0 Å². The molecule has 0 spiro atoms. The van der Waals surface area contributed by atoms with Crippen molar-refractivity contribution in [1.82, 2.24) is 10.6 Å². The van der Waals surface area contributed by atoms with Gasteiger partial charge in [-0.05, 0) is 36.0 Å². The Morgan fingerprint density at radius 1 is 1.07 bits per heavy atom. The van der Waals surface area contributed by atoms with Gasteiger partial charge in [0.05, 0.1) is 5.69 Å². The van der Waals surface area contributed by atoms with Gasteiger partial charge in [-0.1, -0.05) is 42.5 Å². The Hall–Kier alpha value is -3.35. The van der Waals surface area contributed by atoms with Gasteiger partial charge in [-0.2, -0.15) is 0 Å². The van der Waals surface area contributed by atoms with Crippen molar-refractivity contribution < 1.29 is 19.1 Å². The Labute approximate surface area is 169 Å². The summed E-state index contributed by atoms with van der Waals surface area (Å²) in [4.78, 5) is 38.8. The van der Waals surface area contributed by atoms with Gasteiger partial charge in [-0.25, -0.2) is 4.79 Å². The molecule has 1 unspecified atom stereocenters. The fourth-order valence-corrected chi connectivity index (χ4v) is 3.51. The first kappa shape index (κ1) is 19.0. The van der Waals surface area contributed by atoms with Crippen molar-refractivity contribution in [2.75, 3.05) is 25.1 Å². The van der Waals surface area contributed by atoms with Crippen LogP contribution in [0, 0.1) is 5.92 Å². The molecule has 0 aromatic heterocycles. The molecule has 1 atom stereocenters. The van der Waals surface area contributed by atoms with Gasteiger partial charge >= 0.3 is 6.09 Å². The summed E-state index contributed by atoms with van der Waals surface area (Å²) in [6, 6.07) is 14.3. The number of nitrogens with zero attached hydrogens (tertiary/aromatic N) is 1. The van der Waals surface area contributed by atoms with E-state index in [1.54, 1.807) is 11.9 Å². The van der Waals surface area contributed by atoms with E-state index < -0.39 is 24.6 Å². The van der Waals surface area contributed by atoms with Crippen LogP contribution in [0.4, 0.5) is 10.5 Å². The number of carbonyl (C=O) groups excluding carboxylic acids is 3. The molecule has 7 heteroatoms. The monoisotopic (exact) mass is 393 g/mol. The van der Waals surface area contributed by atoms with Crippen LogP contribution in [0.3, 0.4) is 0 Å². The first-order chi connectivity index (χ1) is 14.0. The van der Waals surface area contributed by atoms with E-state index in [4.69, 9.17) is 4.74 Å². The second-order valence-corrected chi connectivity index (χ2v) is 7.40. The van der Waals surface area contributed by atoms with Gasteiger partial charge in [0.15, 0.2) is 6.61 Å². The number of carbonyl (C=O) groups is 3. The Morgan fingerprint density at radius 3 is 2.52 bits per heavy atom. The lowest BCUT2D eigenvalue weighted by molar-refractivity contribution is -0.129. The average molecular weight is 393 g/mol. The smallest absolute Gasteiger partial charge is 0.407 e. The summed E-state index contributed by atoms with van der Waals surface area (Å²) in [6.07, 6.45) is 1.60. The van der Waals surface area contributed by atoms with Gasteiger partial charge in [-0.15, -0.1) is 0 Å². The van der Waals surface area contributed by atoms with Crippen molar-refractivity contribution in [3.05, 3.63) is 54.1 Å². The summed E-state index contributed by atoms with van der Waals surface area (Å²) in [6.45, 7) is 0.122. The number of hydrogen-bond acceptors (Lipinski definition) is 4. The van der Waals surface area contributed by atoms with E-state index in [2.05, 4.69) is 10.6 Å². The second-order valence-electron chi connectivity index (χ2n) is 7.40. The third-order valence-electron chi connectivity index (χ3n) is 5.28. The third kappa shape index (κ3) is 4.08. The van der Waals surface area contributed by atoms with Crippen molar-refractivity contribution in [3.8, 4) is 11.1 Å². The van der Waals surface area contributed by atoms with Gasteiger partial charge in [0, 0.05) is 19.2 Å². The van der Waals surface area contributed by atoms with E-state index in [9.17, 15) is 14.4 Å². The highest BCUT2D eigenvalue weighted by atomic mass is 16.6. The van der Waals surface area contributed by atoms with Crippen LogP contribution in [0.1, 0.15) is 24.4 Å². The molecule has 2 N–H and O–H groups in total. The van der Waals surface area contributed by atoms with E-state index in [1.165, 1.54) is 0 Å². The number of benzene rings is 2. The Bertz CT molecular complexity index is 955. The summed E-state index contributed by atoms with van der Waals surface area (Å²) < 4.78 is 4.98. The molecule has 3 amide bonds. The molecule has 0 saturated heterocycles. The van der Waals surface area contributed by atoms with E-state index in [1.807, 2.05) is 48.5 Å². The van der Waals surface area contributed by atoms with E-state index >= 15 is 0 Å². The summed E-state index contributed by atoms with van der Waals surface area (Å²) in [5.41, 5.74) is 3.29. The van der Waals surface area contributed by atoms with Crippen LogP contribution in [0.2, 0.25) is 0 Å². The maximum atomic E-state index is 13.1. The zero-order chi connectivity index (χ0) is 20.4. The molecule has 4 rings (SSSR count). The van der Waals surface area contributed by atoms with Crippen molar-refractivity contribution in [2.45, 2.75) is 18.9 Å². The first-order valence-corrected chi connectivity index (χ1v) is 9.70. The van der Waals surface area contributed by atoms with Crippen LogP contribution >= 0.6 is 0 Å². The highest BCUT2D eigenvalue weighted by molar-refractivity contribution is 6.06. The maximum Gasteiger partial charge on any atom is 0.407 e. The fourth-order valence-electron chi connectivity index (χ4n) is 3.51. The van der Waals surface area contributed by atoms with Gasteiger partial charge in [-0.3, -0.25) is 9.59 Å². The summed E-state index contributed by atoms with van der Waals surface area (Å²) in [5.74, 6) is -0.262. The predicted octanol–water partition coefficient (Wildman–Crippen LogP) is 2.62. The number of rotatable bonds is 5. The minimum absolute atomic E-state index is 0.256. The first-order valence-electron chi connectivity index (χ1n) is 9.70. The minimum atomic E-state index is -0.866. The summed E-state index contributed by atoms with van der Waals surface area (Å²) in [5, 5.41) is 5.37. The van der Waals surface area contributed by atoms with Crippen LogP contribution in [0.25, 0.3) is 11.1 Å². The van der Waals surface area contributed by atoms with Gasteiger partial charge in [0.1, 0.15) is 6.04 Å². The Morgan fingerprint density at radius 2 is 1.76 bits per heavy atom. The van der Waals surface area contributed by atoms with Crippen LogP contribution in [-0.2, 0) is 14.3 Å². The lowest BCUT2D eigenvalue weighted by Crippen LogP contribution is -2.42. The number of anilines is 1. The molecule has 1 aliphatic carbocycles. The highest BCUT2D eigenvalue weighted by Crippen LogP contribution is 2.39. The molecule has 2 aromatic carbocycles. The molecule has 0 radical (unpaired) electrons. The van der Waals surface area contributed by atoms with Crippen LogP contribution < -0.4 is 15.5 Å². The Kier molecular flexibility index (Phi) is 5.20. The van der Waals surface area contributed by atoms with Crippen molar-refractivity contribution in [1.29, 1.82) is 0 Å². The molecule has 7 nitrogen and oxygen atoms in total. The molecule has 1 aliphatic heterocycles. The fraction of sp³-hybridized carbons (Fsp3) is 0.318. The lowest BCUT2D eigenvalue weighted by atomic mass is 9.95. The van der Waals surface area contributed by atoms with Crippen LogP contribution in [0.15, 0.2) is 48.5 Å². The van der Waals surface area contributed by atoms with E-state index in [0.717, 1.165) is 29.7 Å². The van der Waals surface area contributed by atoms with Crippen molar-refractivity contribution in [3.63, 3.8) is 0 Å². The SMILES string of the molecule is CN1C(=O)C(NC(=O)COC(=O)NCC2CC2)c2ccccc2-c2ccccc21. The molecule has 1 fully saturated rings. The molecule has 0 bridgehead atoms. The number of alkyl carbamates (subject to hydrolysis) is 1. The normalized spacial score (nSPS) is 17.6. The molecular weight excluding hydrogens is 370 g/mol. The quantitative estimate of drug-likeness (QED) is 0.817. The largest absolute Gasteiger partial charge is 0.439 e. The van der Waals surface area contributed by atoms with E-state index in [0.29, 0.717) is 18.0 Å². The van der Waals surface area contributed by atoms with Crippen molar-refractivity contribution in [2.24, 2.45) is 5.92 Å². The molecule has 2 aliphatic rings. The maximum absolute atomic E-state index is 13.1. The molecular formula is C22H23N3O4. The lowest BCUT2D eigenvalue weighted by Gasteiger charge is -2.22. The second kappa shape index (κ2) is 7.95. The number of ether oxygens (including phenoxy) is 1. The van der Waals surface area contributed by atoms with Gasteiger partial charge in [0.2, 0.25) is 0 Å². The number of likely N-dealkylation sites (N-methyl/N-ethyl adjacent to an activating group) is 1. The number of amides is 3. The minimum Gasteiger partial charge on any atom is -0.439 e. The van der Waals surface area contributed by atoms with Gasteiger partial charge in [0.25, 0.3) is 11.8 Å². The summed E-state index contributed by atoms with van der Waals surface area (Å²) in [7, 11) is 1.69. The standard InChI is InChI=1S/C22H23N3O4/c1-25-18-9-5-4-7-16(18)15-6-2-3-8-17(15)20(21(25)27)24-19(26)13-29-22(28)23-12-14-10-11-14/h2-9,14,20H,10-13H2,1H3,(H,23,28)(H,24,26). The third-order valence-corrected chi connectivity index (χ3v) is 5.28. The molecule has 150 valence electrons. The molecule has 1 saturated carbocycles. The highest BCUT2D eigenvalue weighted by Gasteiger charge is 2.33. The van der Waals surface area contributed by atoms with Crippen LogP contribution in [-0.4, -0.2) is 38.1 Å².